The van der Waals surface area contributed by atoms with Crippen LogP contribution in [0.2, 0.25) is 0 Å². The molecule has 5 nitrogen and oxygen atoms in total. The zero-order valence-electron chi connectivity index (χ0n) is 17.7. The summed E-state index contributed by atoms with van der Waals surface area (Å²) in [5, 5.41) is 5.94. The molecule has 0 atom stereocenters. The number of anilines is 1. The van der Waals surface area contributed by atoms with Gasteiger partial charge >= 0.3 is 0 Å². The summed E-state index contributed by atoms with van der Waals surface area (Å²) >= 11 is 1.43. The fourth-order valence-electron chi connectivity index (χ4n) is 3.97. The Morgan fingerprint density at radius 3 is 2.61 bits per heavy atom. The number of amides is 2. The minimum absolute atomic E-state index is 0.0939. The number of fused-ring (bicyclic) bond motifs is 1. The van der Waals surface area contributed by atoms with Crippen molar-refractivity contribution in [1.29, 1.82) is 0 Å². The Hall–Kier alpha value is -2.57. The van der Waals surface area contributed by atoms with Gasteiger partial charge in [-0.25, -0.2) is 0 Å². The lowest BCUT2D eigenvalue weighted by Crippen LogP contribution is -2.30. The molecule has 0 bridgehead atoms. The molecule has 0 aromatic heterocycles. The molecule has 6 heteroatoms. The molecule has 2 N–H and O–H groups in total. The quantitative estimate of drug-likeness (QED) is 0.507. The van der Waals surface area contributed by atoms with Crippen LogP contribution in [0.5, 0.6) is 0 Å². The van der Waals surface area contributed by atoms with Crippen LogP contribution in [-0.4, -0.2) is 42.9 Å². The zero-order chi connectivity index (χ0) is 21.5. The summed E-state index contributed by atoms with van der Waals surface area (Å²) < 4.78 is 0. The van der Waals surface area contributed by atoms with Gasteiger partial charge in [-0.1, -0.05) is 54.9 Å². The Morgan fingerprint density at radius 2 is 1.84 bits per heavy atom. The SMILES string of the molecule is O=C1Nc2cc(C(=O)NCCCN3CCCCCC3)ccc2S/C1=C\c1ccccc1. The van der Waals surface area contributed by atoms with Gasteiger partial charge in [0.05, 0.1) is 10.6 Å². The molecule has 0 unspecified atom stereocenters. The molecular formula is C25H29N3O2S. The summed E-state index contributed by atoms with van der Waals surface area (Å²) in [4.78, 5) is 29.2. The third kappa shape index (κ3) is 5.99. The number of carbonyl (C=O) groups is 2. The highest BCUT2D eigenvalue weighted by atomic mass is 32.2. The Kier molecular flexibility index (Phi) is 7.43. The first-order valence-corrected chi connectivity index (χ1v) is 11.9. The lowest BCUT2D eigenvalue weighted by atomic mass is 10.1. The zero-order valence-corrected chi connectivity index (χ0v) is 18.5. The summed E-state index contributed by atoms with van der Waals surface area (Å²) in [6, 6.07) is 15.3. The maximum atomic E-state index is 12.6. The van der Waals surface area contributed by atoms with Crippen LogP contribution in [0.15, 0.2) is 58.3 Å². The molecule has 2 aromatic rings. The summed E-state index contributed by atoms with van der Waals surface area (Å²) in [5.41, 5.74) is 2.25. The highest BCUT2D eigenvalue weighted by Gasteiger charge is 2.22. The van der Waals surface area contributed by atoms with E-state index in [0.29, 0.717) is 22.7 Å². The molecule has 1 fully saturated rings. The van der Waals surface area contributed by atoms with Crippen LogP contribution in [0.25, 0.3) is 6.08 Å². The van der Waals surface area contributed by atoms with Crippen LogP contribution in [-0.2, 0) is 4.79 Å². The average molecular weight is 436 g/mol. The minimum Gasteiger partial charge on any atom is -0.352 e. The first kappa shape index (κ1) is 21.7. The molecular weight excluding hydrogens is 406 g/mol. The smallest absolute Gasteiger partial charge is 0.262 e. The van der Waals surface area contributed by atoms with Crippen molar-refractivity contribution in [1.82, 2.24) is 10.2 Å². The van der Waals surface area contributed by atoms with Gasteiger partial charge in [0.15, 0.2) is 0 Å². The average Bonchev–Trinajstić information content (AvgIpc) is 3.06. The Morgan fingerprint density at radius 1 is 1.06 bits per heavy atom. The lowest BCUT2D eigenvalue weighted by molar-refractivity contribution is -0.112. The summed E-state index contributed by atoms with van der Waals surface area (Å²) in [5.74, 6) is -0.236. The molecule has 2 aliphatic rings. The van der Waals surface area contributed by atoms with E-state index >= 15 is 0 Å². The first-order valence-electron chi connectivity index (χ1n) is 11.1. The van der Waals surface area contributed by atoms with Gasteiger partial charge in [-0.15, -0.1) is 0 Å². The van der Waals surface area contributed by atoms with E-state index in [1.807, 2.05) is 48.5 Å². The van der Waals surface area contributed by atoms with Crippen molar-refractivity contribution in [3.8, 4) is 0 Å². The fraction of sp³-hybridized carbons (Fsp3) is 0.360. The maximum Gasteiger partial charge on any atom is 0.262 e. The second-order valence-electron chi connectivity index (χ2n) is 8.05. The molecule has 1 saturated heterocycles. The van der Waals surface area contributed by atoms with Gasteiger partial charge in [-0.05, 0) is 68.7 Å². The van der Waals surface area contributed by atoms with E-state index in [0.717, 1.165) is 23.4 Å². The lowest BCUT2D eigenvalue weighted by Gasteiger charge is -2.20. The van der Waals surface area contributed by atoms with Gasteiger partial charge in [-0.2, -0.15) is 0 Å². The number of nitrogens with one attached hydrogen (secondary N) is 2. The molecule has 0 radical (unpaired) electrons. The third-order valence-electron chi connectivity index (χ3n) is 5.67. The molecule has 2 heterocycles. The predicted molar refractivity (Wildman–Crippen MR) is 127 cm³/mol. The topological polar surface area (TPSA) is 61.4 Å². The van der Waals surface area contributed by atoms with Crippen molar-refractivity contribution in [3.63, 3.8) is 0 Å². The minimum atomic E-state index is -0.142. The molecule has 2 amide bonds. The van der Waals surface area contributed by atoms with Gasteiger partial charge in [0.25, 0.3) is 11.8 Å². The van der Waals surface area contributed by atoms with Crippen molar-refractivity contribution >= 4 is 35.3 Å². The van der Waals surface area contributed by atoms with Gasteiger partial charge in [0, 0.05) is 17.0 Å². The van der Waals surface area contributed by atoms with Crippen molar-refractivity contribution in [2.24, 2.45) is 0 Å². The first-order chi connectivity index (χ1) is 15.2. The van der Waals surface area contributed by atoms with Gasteiger partial charge in [0.1, 0.15) is 0 Å². The van der Waals surface area contributed by atoms with E-state index in [1.165, 1.54) is 50.5 Å². The van der Waals surface area contributed by atoms with Crippen LogP contribution in [0.3, 0.4) is 0 Å². The fourth-order valence-corrected chi connectivity index (χ4v) is 4.90. The number of thioether (sulfide) groups is 1. The van der Waals surface area contributed by atoms with Crippen LogP contribution in [0, 0.1) is 0 Å². The number of hydrogen-bond acceptors (Lipinski definition) is 4. The normalized spacial score (nSPS) is 18.2. The van der Waals surface area contributed by atoms with E-state index in [2.05, 4.69) is 15.5 Å². The number of rotatable bonds is 6. The van der Waals surface area contributed by atoms with Crippen LogP contribution in [0.4, 0.5) is 5.69 Å². The highest BCUT2D eigenvalue weighted by molar-refractivity contribution is 8.04. The molecule has 31 heavy (non-hydrogen) atoms. The van der Waals surface area contributed by atoms with E-state index in [1.54, 1.807) is 6.07 Å². The van der Waals surface area contributed by atoms with Crippen molar-refractivity contribution in [3.05, 3.63) is 64.6 Å². The van der Waals surface area contributed by atoms with Gasteiger partial charge in [-0.3, -0.25) is 9.59 Å². The number of likely N-dealkylation sites (tertiary alicyclic amines) is 1. The number of hydrogen-bond donors (Lipinski definition) is 2. The molecule has 2 aliphatic heterocycles. The molecule has 2 aromatic carbocycles. The number of benzene rings is 2. The largest absolute Gasteiger partial charge is 0.352 e. The Labute approximate surface area is 188 Å². The number of nitrogens with zero attached hydrogens (tertiary/aromatic N) is 1. The summed E-state index contributed by atoms with van der Waals surface area (Å²) in [6.07, 6.45) is 8.08. The molecule has 0 spiro atoms. The van der Waals surface area contributed by atoms with E-state index in [-0.39, 0.29) is 11.8 Å². The Bertz CT molecular complexity index is 950. The van der Waals surface area contributed by atoms with Crippen LogP contribution < -0.4 is 10.6 Å². The van der Waals surface area contributed by atoms with Crippen molar-refractivity contribution in [2.75, 3.05) is 31.5 Å². The van der Waals surface area contributed by atoms with E-state index < -0.39 is 0 Å². The van der Waals surface area contributed by atoms with Crippen LogP contribution >= 0.6 is 11.8 Å². The molecule has 0 aliphatic carbocycles. The second-order valence-corrected chi connectivity index (χ2v) is 9.14. The highest BCUT2D eigenvalue weighted by Crippen LogP contribution is 2.39. The predicted octanol–water partition coefficient (Wildman–Crippen LogP) is 4.77. The summed E-state index contributed by atoms with van der Waals surface area (Å²) in [7, 11) is 0. The maximum absolute atomic E-state index is 12.6. The molecule has 162 valence electrons. The van der Waals surface area contributed by atoms with Crippen molar-refractivity contribution in [2.45, 2.75) is 37.0 Å². The van der Waals surface area contributed by atoms with Gasteiger partial charge in [0.2, 0.25) is 0 Å². The van der Waals surface area contributed by atoms with E-state index in [9.17, 15) is 9.59 Å². The second kappa shape index (κ2) is 10.6. The molecule has 4 rings (SSSR count). The number of carbonyl (C=O) groups excluding carboxylic acids is 2. The summed E-state index contributed by atoms with van der Waals surface area (Å²) in [6.45, 7) is 4.05. The monoisotopic (exact) mass is 435 g/mol. The molecule has 0 saturated carbocycles. The van der Waals surface area contributed by atoms with E-state index in [4.69, 9.17) is 0 Å². The van der Waals surface area contributed by atoms with Crippen LogP contribution in [0.1, 0.15) is 48.0 Å². The third-order valence-corrected chi connectivity index (χ3v) is 6.77. The Balaban J connectivity index is 1.32. The van der Waals surface area contributed by atoms with Crippen molar-refractivity contribution < 1.29 is 9.59 Å². The van der Waals surface area contributed by atoms with Gasteiger partial charge < -0.3 is 15.5 Å². The standard InChI is InChI=1S/C25H29N3O2S/c29-24(26-13-8-16-28-14-6-1-2-7-15-28)20-11-12-22-21(18-20)27-25(30)23(31-22)17-19-9-4-3-5-10-19/h3-5,9-12,17-18H,1-2,6-8,13-16H2,(H,26,29)(H,27,30)/b23-17-.